The van der Waals surface area contributed by atoms with Gasteiger partial charge in [-0.1, -0.05) is 6.92 Å². The summed E-state index contributed by atoms with van der Waals surface area (Å²) in [7, 11) is 1.42. The second-order valence-electron chi connectivity index (χ2n) is 13.2. The number of anilines is 1. The number of likely N-dealkylation sites (N-methyl/N-ethyl adjacent to an activating group) is 2. The van der Waals surface area contributed by atoms with Crippen LogP contribution in [0.15, 0.2) is 47.4 Å². The highest BCUT2D eigenvalue weighted by atomic mass is 32.2. The van der Waals surface area contributed by atoms with E-state index in [9.17, 15) is 22.4 Å². The largest absolute Gasteiger partial charge is 0.490 e. The van der Waals surface area contributed by atoms with E-state index in [-0.39, 0.29) is 48.0 Å². The molecule has 0 aliphatic carbocycles. The van der Waals surface area contributed by atoms with Crippen LogP contribution in [0.4, 0.5) is 14.9 Å². The van der Waals surface area contributed by atoms with Gasteiger partial charge in [-0.3, -0.25) is 4.79 Å². The molecule has 266 valence electrons. The number of nitrogens with zero attached hydrogens (tertiary/aromatic N) is 3. The SMILES string of the molecule is C[C@@H]1CCCCO[C@@H](CN(C)S(=O)(=O)c2ccc(F)cc2)[C@H](C)CN([C@@H](C)CN(C)C)C(=O)c2cc(NC(=O)NC3COC3)ccc2O1. The van der Waals surface area contributed by atoms with Crippen molar-refractivity contribution in [3.8, 4) is 5.75 Å². The Bertz CT molecular complexity index is 1490. The van der Waals surface area contributed by atoms with Crippen molar-refractivity contribution in [1.82, 2.24) is 19.4 Å². The lowest BCUT2D eigenvalue weighted by molar-refractivity contribution is -0.00686. The predicted octanol–water partition coefficient (Wildman–Crippen LogP) is 4.03. The third-order valence-corrected chi connectivity index (χ3v) is 10.4. The van der Waals surface area contributed by atoms with Crippen molar-refractivity contribution in [2.45, 2.75) is 69.2 Å². The zero-order valence-corrected chi connectivity index (χ0v) is 29.6. The van der Waals surface area contributed by atoms with Crippen LogP contribution in [0.5, 0.6) is 5.75 Å². The Balaban J connectivity index is 1.65. The number of hydrogen-bond acceptors (Lipinski definition) is 8. The van der Waals surface area contributed by atoms with E-state index in [1.807, 2.05) is 39.8 Å². The maximum absolute atomic E-state index is 14.6. The van der Waals surface area contributed by atoms with Crippen LogP contribution in [0.3, 0.4) is 0 Å². The van der Waals surface area contributed by atoms with Gasteiger partial charge in [-0.25, -0.2) is 17.6 Å². The fraction of sp³-hybridized carbons (Fsp3) is 0.588. The standard InChI is InChI=1S/C34H50FN5O7S/c1-23-18-40(24(2)19-38(4)5)33(41)30-17-27(36-34(42)37-28-21-45-22-28)12-15-31(30)47-25(3)9-7-8-16-46-32(23)20-39(6)48(43,44)29-13-10-26(35)11-14-29/h10-15,17,23-25,28,32H,7-9,16,18-22H2,1-6H3,(H2,36,37,42)/t23-,24+,25-,32+/m1/s1. The third kappa shape index (κ3) is 10.1. The Morgan fingerprint density at radius 1 is 1.08 bits per heavy atom. The van der Waals surface area contributed by atoms with Gasteiger partial charge in [-0.2, -0.15) is 4.31 Å². The van der Waals surface area contributed by atoms with Gasteiger partial charge >= 0.3 is 6.03 Å². The molecule has 2 N–H and O–H groups in total. The number of amides is 3. The zero-order valence-electron chi connectivity index (χ0n) is 28.8. The molecule has 1 fully saturated rings. The number of halogens is 1. The summed E-state index contributed by atoms with van der Waals surface area (Å²) in [5.74, 6) is -0.659. The Kier molecular flexibility index (Phi) is 13.2. The third-order valence-electron chi connectivity index (χ3n) is 8.61. The lowest BCUT2D eigenvalue weighted by Crippen LogP contribution is -2.50. The first-order valence-corrected chi connectivity index (χ1v) is 17.9. The summed E-state index contributed by atoms with van der Waals surface area (Å²) in [6.45, 7) is 8.06. The zero-order chi connectivity index (χ0) is 35.0. The Labute approximate surface area is 283 Å². The second-order valence-corrected chi connectivity index (χ2v) is 15.2. The highest BCUT2D eigenvalue weighted by molar-refractivity contribution is 7.89. The molecule has 2 aliphatic rings. The Morgan fingerprint density at radius 3 is 2.44 bits per heavy atom. The molecule has 0 bridgehead atoms. The maximum Gasteiger partial charge on any atom is 0.319 e. The molecule has 2 aliphatic heterocycles. The quantitative estimate of drug-likeness (QED) is 0.404. The van der Waals surface area contributed by atoms with E-state index in [1.165, 1.54) is 23.5 Å². The molecular weight excluding hydrogens is 641 g/mol. The first-order chi connectivity index (χ1) is 22.7. The smallest absolute Gasteiger partial charge is 0.319 e. The highest BCUT2D eigenvalue weighted by Gasteiger charge is 2.33. The molecule has 4 rings (SSSR count). The number of sulfonamides is 1. The molecule has 0 spiro atoms. The molecule has 14 heteroatoms. The van der Waals surface area contributed by atoms with Crippen LogP contribution in [0.2, 0.25) is 0 Å². The van der Waals surface area contributed by atoms with E-state index < -0.39 is 28.0 Å². The average Bonchev–Trinajstić information content (AvgIpc) is 3.00. The average molecular weight is 692 g/mol. The van der Waals surface area contributed by atoms with Crippen LogP contribution >= 0.6 is 0 Å². The molecule has 2 heterocycles. The summed E-state index contributed by atoms with van der Waals surface area (Å²) < 4.78 is 59.4. The van der Waals surface area contributed by atoms with Crippen molar-refractivity contribution in [2.75, 3.05) is 65.9 Å². The highest BCUT2D eigenvalue weighted by Crippen LogP contribution is 2.29. The number of fused-ring (bicyclic) bond motifs is 1. The number of rotatable bonds is 9. The number of ether oxygens (including phenoxy) is 3. The molecule has 3 amide bonds. The van der Waals surface area contributed by atoms with Gasteiger partial charge in [0, 0.05) is 50.9 Å². The van der Waals surface area contributed by atoms with Crippen LogP contribution < -0.4 is 15.4 Å². The number of carbonyl (C=O) groups excluding carboxylic acids is 2. The fourth-order valence-electron chi connectivity index (χ4n) is 5.80. The number of hydrogen-bond donors (Lipinski definition) is 2. The van der Waals surface area contributed by atoms with Crippen LogP contribution in [0, 0.1) is 11.7 Å². The van der Waals surface area contributed by atoms with Crippen molar-refractivity contribution in [1.29, 1.82) is 0 Å². The van der Waals surface area contributed by atoms with E-state index in [0.29, 0.717) is 49.8 Å². The van der Waals surface area contributed by atoms with Gasteiger partial charge in [0.1, 0.15) is 11.6 Å². The van der Waals surface area contributed by atoms with E-state index in [2.05, 4.69) is 10.6 Å². The van der Waals surface area contributed by atoms with Crippen LogP contribution in [0.25, 0.3) is 0 Å². The van der Waals surface area contributed by atoms with Gasteiger partial charge in [0.2, 0.25) is 10.0 Å². The molecule has 0 saturated carbocycles. The lowest BCUT2D eigenvalue weighted by Gasteiger charge is -2.37. The first-order valence-electron chi connectivity index (χ1n) is 16.5. The Hall–Kier alpha value is -3.30. The first kappa shape index (κ1) is 37.5. The van der Waals surface area contributed by atoms with Gasteiger partial charge in [0.15, 0.2) is 0 Å². The summed E-state index contributed by atoms with van der Waals surface area (Å²) in [5.41, 5.74) is 0.759. The summed E-state index contributed by atoms with van der Waals surface area (Å²) in [6, 6.07) is 9.13. The molecule has 0 unspecified atom stereocenters. The summed E-state index contributed by atoms with van der Waals surface area (Å²) in [5, 5.41) is 5.67. The van der Waals surface area contributed by atoms with E-state index in [4.69, 9.17) is 14.2 Å². The fourth-order valence-corrected chi connectivity index (χ4v) is 6.98. The van der Waals surface area contributed by atoms with Crippen molar-refractivity contribution in [3.63, 3.8) is 0 Å². The minimum Gasteiger partial charge on any atom is -0.490 e. The summed E-state index contributed by atoms with van der Waals surface area (Å²) >= 11 is 0. The van der Waals surface area contributed by atoms with Crippen LogP contribution in [-0.4, -0.2) is 119 Å². The predicted molar refractivity (Wildman–Crippen MR) is 181 cm³/mol. The minimum absolute atomic E-state index is 0.0129. The number of carbonyl (C=O) groups is 2. The molecule has 0 aromatic heterocycles. The van der Waals surface area contributed by atoms with E-state index in [0.717, 1.165) is 25.0 Å². The molecule has 48 heavy (non-hydrogen) atoms. The van der Waals surface area contributed by atoms with Crippen molar-refractivity contribution < 1.29 is 36.6 Å². The van der Waals surface area contributed by atoms with Gasteiger partial charge in [0.25, 0.3) is 5.91 Å². The molecule has 2 aromatic carbocycles. The second kappa shape index (κ2) is 16.9. The van der Waals surface area contributed by atoms with Crippen molar-refractivity contribution in [3.05, 3.63) is 53.8 Å². The summed E-state index contributed by atoms with van der Waals surface area (Å²) in [6.07, 6.45) is 1.50. The molecule has 2 aromatic rings. The number of benzene rings is 2. The van der Waals surface area contributed by atoms with Gasteiger partial charge < -0.3 is 34.6 Å². The van der Waals surface area contributed by atoms with Crippen LogP contribution in [-0.2, 0) is 19.5 Å². The molecule has 4 atom stereocenters. The topological polar surface area (TPSA) is 130 Å². The molecule has 12 nitrogen and oxygen atoms in total. The van der Waals surface area contributed by atoms with Crippen molar-refractivity contribution in [2.24, 2.45) is 5.92 Å². The van der Waals surface area contributed by atoms with E-state index in [1.54, 1.807) is 23.1 Å². The van der Waals surface area contributed by atoms with E-state index >= 15 is 0 Å². The summed E-state index contributed by atoms with van der Waals surface area (Å²) in [4.78, 5) is 31.0. The van der Waals surface area contributed by atoms with Gasteiger partial charge in [0.05, 0.1) is 41.9 Å². The minimum atomic E-state index is -3.93. The number of nitrogens with one attached hydrogen (secondary N) is 2. The molecule has 0 radical (unpaired) electrons. The Morgan fingerprint density at radius 2 is 1.79 bits per heavy atom. The maximum atomic E-state index is 14.6. The van der Waals surface area contributed by atoms with Crippen LogP contribution in [0.1, 0.15) is 50.4 Å². The van der Waals surface area contributed by atoms with Gasteiger partial charge in [-0.15, -0.1) is 0 Å². The molecular formula is C34H50FN5O7S. The lowest BCUT2D eigenvalue weighted by atomic mass is 10.0. The monoisotopic (exact) mass is 691 g/mol. The normalized spacial score (nSPS) is 22.3. The van der Waals surface area contributed by atoms with Crippen molar-refractivity contribution >= 4 is 27.6 Å². The number of urea groups is 1. The van der Waals surface area contributed by atoms with Gasteiger partial charge in [-0.05, 0) is 89.7 Å². The molecule has 1 saturated heterocycles.